The van der Waals surface area contributed by atoms with Gasteiger partial charge in [-0.2, -0.15) is 0 Å². The molecule has 3 rings (SSSR count). The van der Waals surface area contributed by atoms with Gasteiger partial charge in [-0.25, -0.2) is 15.0 Å². The summed E-state index contributed by atoms with van der Waals surface area (Å²) in [5.74, 6) is 1.11. The molecular formula is C10H11N5S. The molecule has 2 heterocycles. The zero-order valence-corrected chi connectivity index (χ0v) is 9.42. The summed E-state index contributed by atoms with van der Waals surface area (Å²) in [6.45, 7) is 0. The standard InChI is InChI=1S/C10H11N5S/c11-8-4-13-9(5-12-8)15-10-14-6-2-1-3-7(6)16-10/h4-5H,1-3H2,(H2,11,12)(H,13,14,15). The molecule has 0 bridgehead atoms. The number of rotatable bonds is 2. The number of aryl methyl sites for hydroxylation is 2. The van der Waals surface area contributed by atoms with Gasteiger partial charge < -0.3 is 11.1 Å². The quantitative estimate of drug-likeness (QED) is 0.826. The van der Waals surface area contributed by atoms with Crippen molar-refractivity contribution in [3.8, 4) is 0 Å². The van der Waals surface area contributed by atoms with Gasteiger partial charge in [0.05, 0.1) is 18.1 Å². The number of hydrogen-bond donors (Lipinski definition) is 2. The Morgan fingerprint density at radius 1 is 1.25 bits per heavy atom. The lowest BCUT2D eigenvalue weighted by atomic mass is 10.4. The summed E-state index contributed by atoms with van der Waals surface area (Å²) < 4.78 is 0. The second-order valence-corrected chi connectivity index (χ2v) is 4.78. The minimum absolute atomic E-state index is 0.423. The predicted octanol–water partition coefficient (Wildman–Crippen LogP) is 1.75. The van der Waals surface area contributed by atoms with Gasteiger partial charge in [0.15, 0.2) is 10.9 Å². The first-order valence-electron chi connectivity index (χ1n) is 5.14. The first-order chi connectivity index (χ1) is 7.81. The van der Waals surface area contributed by atoms with Crippen molar-refractivity contribution in [1.29, 1.82) is 0 Å². The Labute approximate surface area is 96.8 Å². The summed E-state index contributed by atoms with van der Waals surface area (Å²) in [5.41, 5.74) is 6.70. The van der Waals surface area contributed by atoms with Crippen LogP contribution in [0.2, 0.25) is 0 Å². The first-order valence-corrected chi connectivity index (χ1v) is 5.96. The number of thiazole rings is 1. The lowest BCUT2D eigenvalue weighted by Crippen LogP contribution is -1.97. The van der Waals surface area contributed by atoms with E-state index in [0.29, 0.717) is 11.6 Å². The van der Waals surface area contributed by atoms with E-state index in [4.69, 9.17) is 5.73 Å². The van der Waals surface area contributed by atoms with E-state index in [9.17, 15) is 0 Å². The number of nitrogens with two attached hydrogens (primary N) is 1. The summed E-state index contributed by atoms with van der Waals surface area (Å²) in [5, 5.41) is 4.03. The molecule has 2 aromatic rings. The van der Waals surface area contributed by atoms with Crippen LogP contribution in [0.15, 0.2) is 12.4 Å². The van der Waals surface area contributed by atoms with Crippen LogP contribution in [0.3, 0.4) is 0 Å². The SMILES string of the molecule is Nc1cnc(Nc2nc3c(s2)CCC3)cn1. The fourth-order valence-corrected chi connectivity index (χ4v) is 2.81. The van der Waals surface area contributed by atoms with Crippen LogP contribution in [0.4, 0.5) is 16.8 Å². The van der Waals surface area contributed by atoms with E-state index >= 15 is 0 Å². The second-order valence-electron chi connectivity index (χ2n) is 3.69. The molecule has 0 aliphatic heterocycles. The van der Waals surface area contributed by atoms with Crippen molar-refractivity contribution in [1.82, 2.24) is 15.0 Å². The van der Waals surface area contributed by atoms with Crippen LogP contribution in [0.25, 0.3) is 0 Å². The fourth-order valence-electron chi connectivity index (χ4n) is 1.76. The van der Waals surface area contributed by atoms with Crippen LogP contribution >= 0.6 is 11.3 Å². The Morgan fingerprint density at radius 3 is 2.94 bits per heavy atom. The summed E-state index contributed by atoms with van der Waals surface area (Å²) in [6.07, 6.45) is 6.63. The van der Waals surface area contributed by atoms with Gasteiger partial charge in [0.2, 0.25) is 0 Å². The number of fused-ring (bicyclic) bond motifs is 1. The highest BCUT2D eigenvalue weighted by atomic mass is 32.1. The molecule has 3 N–H and O–H groups in total. The first kappa shape index (κ1) is 9.53. The average molecular weight is 233 g/mol. The number of anilines is 3. The molecule has 0 unspecified atom stereocenters. The van der Waals surface area contributed by atoms with E-state index in [1.54, 1.807) is 17.5 Å². The molecule has 0 fully saturated rings. The molecule has 0 amide bonds. The summed E-state index contributed by atoms with van der Waals surface area (Å²) in [7, 11) is 0. The lowest BCUT2D eigenvalue weighted by Gasteiger charge is -2.00. The zero-order chi connectivity index (χ0) is 11.0. The van der Waals surface area contributed by atoms with Crippen LogP contribution in [0.5, 0.6) is 0 Å². The third-order valence-electron chi connectivity index (χ3n) is 2.50. The Hall–Kier alpha value is -1.69. The van der Waals surface area contributed by atoms with E-state index in [-0.39, 0.29) is 0 Å². The minimum atomic E-state index is 0.423. The monoisotopic (exact) mass is 233 g/mol. The van der Waals surface area contributed by atoms with Crippen molar-refractivity contribution < 1.29 is 0 Å². The summed E-state index contributed by atoms with van der Waals surface area (Å²) >= 11 is 1.70. The third-order valence-corrected chi connectivity index (χ3v) is 3.58. The largest absolute Gasteiger partial charge is 0.382 e. The van der Waals surface area contributed by atoms with Gasteiger partial charge in [0, 0.05) is 4.88 Å². The number of nitrogens with zero attached hydrogens (tertiary/aromatic N) is 3. The Kier molecular flexibility index (Phi) is 2.21. The van der Waals surface area contributed by atoms with Gasteiger partial charge in [-0.1, -0.05) is 0 Å². The normalized spacial score (nSPS) is 13.8. The number of nitrogen functional groups attached to an aromatic ring is 1. The average Bonchev–Trinajstić information content (AvgIpc) is 2.81. The lowest BCUT2D eigenvalue weighted by molar-refractivity contribution is 0.900. The predicted molar refractivity (Wildman–Crippen MR) is 63.9 cm³/mol. The maximum atomic E-state index is 5.46. The molecule has 0 spiro atoms. The zero-order valence-electron chi connectivity index (χ0n) is 8.60. The molecule has 5 nitrogen and oxygen atoms in total. The van der Waals surface area contributed by atoms with Crippen LogP contribution < -0.4 is 11.1 Å². The van der Waals surface area contributed by atoms with E-state index in [2.05, 4.69) is 20.3 Å². The van der Waals surface area contributed by atoms with E-state index in [1.165, 1.54) is 23.2 Å². The van der Waals surface area contributed by atoms with Crippen LogP contribution in [-0.4, -0.2) is 15.0 Å². The second kappa shape index (κ2) is 3.71. The maximum Gasteiger partial charge on any atom is 0.188 e. The molecular weight excluding hydrogens is 222 g/mol. The Morgan fingerprint density at radius 2 is 2.19 bits per heavy atom. The van der Waals surface area contributed by atoms with Gasteiger partial charge in [-0.3, -0.25) is 0 Å². The van der Waals surface area contributed by atoms with Crippen molar-refractivity contribution in [2.45, 2.75) is 19.3 Å². The molecule has 0 saturated carbocycles. The highest BCUT2D eigenvalue weighted by molar-refractivity contribution is 7.15. The van der Waals surface area contributed by atoms with Crippen LogP contribution in [0, 0.1) is 0 Å². The highest BCUT2D eigenvalue weighted by Crippen LogP contribution is 2.31. The van der Waals surface area contributed by atoms with Crippen LogP contribution in [-0.2, 0) is 12.8 Å². The Balaban J connectivity index is 1.81. The van der Waals surface area contributed by atoms with Crippen molar-refractivity contribution in [3.63, 3.8) is 0 Å². The molecule has 0 saturated heterocycles. The third kappa shape index (κ3) is 1.71. The molecule has 0 radical (unpaired) electrons. The molecule has 0 aromatic carbocycles. The Bertz CT molecular complexity index is 483. The number of nitrogens with one attached hydrogen (secondary N) is 1. The molecule has 2 aromatic heterocycles. The fraction of sp³-hybridized carbons (Fsp3) is 0.300. The van der Waals surface area contributed by atoms with Crippen molar-refractivity contribution >= 4 is 28.1 Å². The minimum Gasteiger partial charge on any atom is -0.382 e. The highest BCUT2D eigenvalue weighted by Gasteiger charge is 2.16. The summed E-state index contributed by atoms with van der Waals surface area (Å²) in [4.78, 5) is 14.0. The molecule has 1 aliphatic rings. The molecule has 6 heteroatoms. The maximum absolute atomic E-state index is 5.46. The van der Waals surface area contributed by atoms with Gasteiger partial charge in [-0.15, -0.1) is 11.3 Å². The topological polar surface area (TPSA) is 76.7 Å². The van der Waals surface area contributed by atoms with Gasteiger partial charge in [-0.05, 0) is 19.3 Å². The van der Waals surface area contributed by atoms with E-state index in [0.717, 1.165) is 18.0 Å². The molecule has 0 atom stereocenters. The molecule has 1 aliphatic carbocycles. The van der Waals surface area contributed by atoms with Gasteiger partial charge in [0.25, 0.3) is 0 Å². The summed E-state index contributed by atoms with van der Waals surface area (Å²) in [6, 6.07) is 0. The molecule has 16 heavy (non-hydrogen) atoms. The number of hydrogen-bond acceptors (Lipinski definition) is 6. The van der Waals surface area contributed by atoms with Crippen molar-refractivity contribution in [2.75, 3.05) is 11.1 Å². The van der Waals surface area contributed by atoms with Crippen LogP contribution in [0.1, 0.15) is 17.0 Å². The van der Waals surface area contributed by atoms with E-state index in [1.807, 2.05) is 0 Å². The van der Waals surface area contributed by atoms with Gasteiger partial charge in [0.1, 0.15) is 5.82 Å². The van der Waals surface area contributed by atoms with E-state index < -0.39 is 0 Å². The molecule has 82 valence electrons. The van der Waals surface area contributed by atoms with Crippen molar-refractivity contribution in [2.24, 2.45) is 0 Å². The van der Waals surface area contributed by atoms with Crippen molar-refractivity contribution in [3.05, 3.63) is 23.0 Å². The van der Waals surface area contributed by atoms with Gasteiger partial charge >= 0.3 is 0 Å². The number of aromatic nitrogens is 3. The smallest absolute Gasteiger partial charge is 0.188 e.